The van der Waals surface area contributed by atoms with Gasteiger partial charge in [-0.1, -0.05) is 83.7 Å². The normalized spacial score (nSPS) is 10.9. The van der Waals surface area contributed by atoms with Gasteiger partial charge in [0.1, 0.15) is 0 Å². The lowest BCUT2D eigenvalue weighted by Crippen LogP contribution is -2.27. The highest BCUT2D eigenvalue weighted by Crippen LogP contribution is 2.21. The van der Waals surface area contributed by atoms with Gasteiger partial charge in [0.15, 0.2) is 7.28 Å². The fourth-order valence-electron chi connectivity index (χ4n) is 3.00. The average molecular weight is 266 g/mol. The van der Waals surface area contributed by atoms with Gasteiger partial charge in [-0.15, -0.1) is 0 Å². The molecule has 0 saturated carbocycles. The second-order valence-electron chi connectivity index (χ2n) is 5.50. The number of hydrogen-bond acceptors (Lipinski definition) is 0. The Morgan fingerprint density at radius 2 is 1.19 bits per heavy atom. The Morgan fingerprint density at radius 3 is 2.00 bits per heavy atom. The minimum atomic E-state index is 0.983. The highest BCUT2D eigenvalue weighted by Gasteiger charge is 2.05. The van der Waals surface area contributed by atoms with Gasteiger partial charge in [0.2, 0.25) is 0 Å². The monoisotopic (exact) mass is 266 g/mol. The van der Waals surface area contributed by atoms with Crippen LogP contribution in [-0.2, 0) is 0 Å². The quantitative estimate of drug-likeness (QED) is 0.385. The Morgan fingerprint density at radius 1 is 0.524 bits per heavy atom. The Labute approximate surface area is 125 Å². The molecule has 0 aromatic heterocycles. The van der Waals surface area contributed by atoms with Crippen molar-refractivity contribution in [1.82, 2.24) is 0 Å². The number of benzene rings is 4. The Balaban J connectivity index is 1.90. The van der Waals surface area contributed by atoms with E-state index >= 15 is 0 Å². The predicted molar refractivity (Wildman–Crippen MR) is 94.3 cm³/mol. The van der Waals surface area contributed by atoms with Crippen LogP contribution in [-0.4, -0.2) is 7.28 Å². The Kier molecular flexibility index (Phi) is 2.97. The first-order valence-electron chi connectivity index (χ1n) is 7.34. The average Bonchev–Trinajstić information content (AvgIpc) is 2.54. The molecule has 0 radical (unpaired) electrons. The topological polar surface area (TPSA) is 0 Å². The first-order chi connectivity index (χ1) is 10.4. The molecule has 0 fully saturated rings. The van der Waals surface area contributed by atoms with E-state index in [0.717, 1.165) is 7.28 Å². The van der Waals surface area contributed by atoms with Crippen molar-refractivity contribution < 1.29 is 0 Å². The van der Waals surface area contributed by atoms with Crippen LogP contribution >= 0.6 is 0 Å². The standard InChI is InChI=1S/C20H15B/c1-2-10-18(11-3-1)21-20-12-6-9-17-13-15-7-4-5-8-16(15)14-19(17)20/h1-14,21H. The van der Waals surface area contributed by atoms with Crippen LogP contribution in [0.4, 0.5) is 0 Å². The van der Waals surface area contributed by atoms with Crippen LogP contribution in [0.3, 0.4) is 0 Å². The van der Waals surface area contributed by atoms with Crippen molar-refractivity contribution in [1.29, 1.82) is 0 Å². The van der Waals surface area contributed by atoms with E-state index in [-0.39, 0.29) is 0 Å². The number of fused-ring (bicyclic) bond motifs is 2. The maximum absolute atomic E-state index is 2.32. The van der Waals surface area contributed by atoms with Gasteiger partial charge in [0.25, 0.3) is 0 Å². The van der Waals surface area contributed by atoms with Crippen LogP contribution in [0.1, 0.15) is 0 Å². The smallest absolute Gasteiger partial charge is 0.0785 e. The van der Waals surface area contributed by atoms with Crippen LogP contribution in [0.15, 0.2) is 84.9 Å². The minimum absolute atomic E-state index is 0.983. The molecule has 4 aromatic rings. The summed E-state index contributed by atoms with van der Waals surface area (Å²) >= 11 is 0. The maximum atomic E-state index is 2.32. The third kappa shape index (κ3) is 2.32. The van der Waals surface area contributed by atoms with Gasteiger partial charge in [0, 0.05) is 0 Å². The first-order valence-corrected chi connectivity index (χ1v) is 7.34. The molecule has 98 valence electrons. The van der Waals surface area contributed by atoms with Crippen LogP contribution in [0.5, 0.6) is 0 Å². The molecule has 0 bridgehead atoms. The highest BCUT2D eigenvalue weighted by atomic mass is 14.0. The van der Waals surface area contributed by atoms with E-state index < -0.39 is 0 Å². The summed E-state index contributed by atoms with van der Waals surface area (Å²) in [6.45, 7) is 0. The van der Waals surface area contributed by atoms with Gasteiger partial charge < -0.3 is 0 Å². The molecule has 0 N–H and O–H groups in total. The largest absolute Gasteiger partial charge is 0.193 e. The summed E-state index contributed by atoms with van der Waals surface area (Å²) < 4.78 is 0. The lowest BCUT2D eigenvalue weighted by atomic mass is 9.62. The van der Waals surface area contributed by atoms with E-state index in [9.17, 15) is 0 Å². The first kappa shape index (κ1) is 12.2. The van der Waals surface area contributed by atoms with Crippen molar-refractivity contribution in [2.24, 2.45) is 0 Å². The van der Waals surface area contributed by atoms with Crippen molar-refractivity contribution in [3.05, 3.63) is 84.9 Å². The van der Waals surface area contributed by atoms with Crippen LogP contribution in [0.2, 0.25) is 0 Å². The van der Waals surface area contributed by atoms with Gasteiger partial charge in [-0.3, -0.25) is 0 Å². The molecule has 0 aliphatic carbocycles. The molecule has 0 heterocycles. The fourth-order valence-corrected chi connectivity index (χ4v) is 3.00. The number of rotatable bonds is 2. The molecule has 1 heteroatoms. The third-order valence-corrected chi connectivity index (χ3v) is 4.07. The molecule has 0 saturated heterocycles. The molecular formula is C20H15B. The van der Waals surface area contributed by atoms with Gasteiger partial charge in [0.05, 0.1) is 0 Å². The van der Waals surface area contributed by atoms with Crippen molar-refractivity contribution in [2.75, 3.05) is 0 Å². The summed E-state index contributed by atoms with van der Waals surface area (Å²) in [4.78, 5) is 0. The Bertz CT molecular complexity index is 910. The zero-order valence-electron chi connectivity index (χ0n) is 11.8. The molecule has 0 amide bonds. The predicted octanol–water partition coefficient (Wildman–Crippen LogP) is 3.38. The van der Waals surface area contributed by atoms with E-state index in [1.54, 1.807) is 0 Å². The summed E-state index contributed by atoms with van der Waals surface area (Å²) in [7, 11) is 0.983. The van der Waals surface area contributed by atoms with E-state index in [0.29, 0.717) is 0 Å². The molecule has 0 unspecified atom stereocenters. The third-order valence-electron chi connectivity index (χ3n) is 4.07. The summed E-state index contributed by atoms with van der Waals surface area (Å²) in [5.74, 6) is 0. The summed E-state index contributed by atoms with van der Waals surface area (Å²) in [5, 5.41) is 5.30. The van der Waals surface area contributed by atoms with Crippen molar-refractivity contribution >= 4 is 39.8 Å². The maximum Gasteiger partial charge on any atom is 0.193 e. The van der Waals surface area contributed by atoms with E-state index in [2.05, 4.69) is 84.9 Å². The molecule has 21 heavy (non-hydrogen) atoms. The molecular weight excluding hydrogens is 251 g/mol. The van der Waals surface area contributed by atoms with E-state index in [1.165, 1.54) is 32.5 Å². The Hall–Kier alpha value is -2.54. The summed E-state index contributed by atoms with van der Waals surface area (Å²) in [5.41, 5.74) is 2.75. The lowest BCUT2D eigenvalue weighted by Gasteiger charge is -2.08. The fraction of sp³-hybridized carbons (Fsp3) is 0. The van der Waals surface area contributed by atoms with Gasteiger partial charge in [-0.05, 0) is 33.7 Å². The van der Waals surface area contributed by atoms with E-state index in [4.69, 9.17) is 0 Å². The van der Waals surface area contributed by atoms with Crippen LogP contribution in [0, 0.1) is 0 Å². The zero-order valence-corrected chi connectivity index (χ0v) is 11.8. The summed E-state index contributed by atoms with van der Waals surface area (Å²) in [6.07, 6.45) is 0. The second kappa shape index (κ2) is 5.10. The molecule has 0 nitrogen and oxygen atoms in total. The minimum Gasteiger partial charge on any atom is -0.0785 e. The molecule has 0 aliphatic heterocycles. The van der Waals surface area contributed by atoms with Crippen molar-refractivity contribution in [3.8, 4) is 0 Å². The van der Waals surface area contributed by atoms with Crippen molar-refractivity contribution in [3.63, 3.8) is 0 Å². The second-order valence-corrected chi connectivity index (χ2v) is 5.50. The van der Waals surface area contributed by atoms with Crippen molar-refractivity contribution in [2.45, 2.75) is 0 Å². The SMILES string of the molecule is B(c1ccccc1)c1cccc2cc3ccccc3cc12. The lowest BCUT2D eigenvalue weighted by molar-refractivity contribution is 1.76. The summed E-state index contributed by atoms with van der Waals surface area (Å²) in [6, 6.07) is 30.5. The van der Waals surface area contributed by atoms with Gasteiger partial charge >= 0.3 is 0 Å². The molecule has 0 atom stereocenters. The zero-order chi connectivity index (χ0) is 14.1. The molecule has 0 aliphatic rings. The molecule has 0 spiro atoms. The number of hydrogen-bond donors (Lipinski definition) is 0. The van der Waals surface area contributed by atoms with Gasteiger partial charge in [-0.25, -0.2) is 0 Å². The van der Waals surface area contributed by atoms with Crippen LogP contribution in [0.25, 0.3) is 21.5 Å². The highest BCUT2D eigenvalue weighted by molar-refractivity contribution is 6.69. The van der Waals surface area contributed by atoms with Gasteiger partial charge in [-0.2, -0.15) is 0 Å². The van der Waals surface area contributed by atoms with Crippen LogP contribution < -0.4 is 10.9 Å². The molecule has 4 aromatic carbocycles. The van der Waals surface area contributed by atoms with E-state index in [1.807, 2.05) is 0 Å². The molecule has 4 rings (SSSR count).